The highest BCUT2D eigenvalue weighted by atomic mass is 33.1. The average molecular weight is 397 g/mol. The first-order valence-corrected chi connectivity index (χ1v) is 10.7. The number of carbonyl (C=O) groups is 1. The number of carbonyl (C=O) groups excluding carboxylic acids is 1. The Bertz CT molecular complexity index is 727. The van der Waals surface area contributed by atoms with E-state index >= 15 is 0 Å². The molecule has 0 aliphatic rings. The predicted octanol–water partition coefficient (Wildman–Crippen LogP) is 2.97. The highest BCUT2D eigenvalue weighted by Crippen LogP contribution is 2.24. The second-order valence-electron chi connectivity index (χ2n) is 6.04. The van der Waals surface area contributed by atoms with Crippen molar-refractivity contribution in [2.75, 3.05) is 26.2 Å². The molecule has 142 valence electrons. The number of nitrogens with zero attached hydrogens (tertiary/aromatic N) is 3. The molecule has 0 atom stereocenters. The SMILES string of the molecule is COc1cc(OC)cc(C(=O)NC(C)(C)c2cn(CCSSC)nn2)c1. The van der Waals surface area contributed by atoms with E-state index in [9.17, 15) is 4.79 Å². The summed E-state index contributed by atoms with van der Waals surface area (Å²) in [6, 6.07) is 5.06. The Morgan fingerprint density at radius 2 is 1.88 bits per heavy atom. The molecule has 1 aromatic heterocycles. The number of hydrogen-bond acceptors (Lipinski definition) is 7. The monoisotopic (exact) mass is 396 g/mol. The third-order valence-corrected chi connectivity index (χ3v) is 5.53. The summed E-state index contributed by atoms with van der Waals surface area (Å²) in [6.45, 7) is 4.57. The summed E-state index contributed by atoms with van der Waals surface area (Å²) in [5.74, 6) is 1.83. The molecular formula is C17H24N4O3S2. The molecule has 1 aromatic carbocycles. The fourth-order valence-corrected chi connectivity index (χ4v) is 3.42. The lowest BCUT2D eigenvalue weighted by Crippen LogP contribution is -2.41. The van der Waals surface area contributed by atoms with Crippen LogP contribution >= 0.6 is 21.6 Å². The Kier molecular flexibility index (Phi) is 7.22. The van der Waals surface area contributed by atoms with E-state index in [0.717, 1.165) is 12.3 Å². The first-order chi connectivity index (χ1) is 12.4. The van der Waals surface area contributed by atoms with Crippen LogP contribution in [0, 0.1) is 0 Å². The van der Waals surface area contributed by atoms with Crippen molar-refractivity contribution >= 4 is 27.5 Å². The third kappa shape index (κ3) is 5.31. The van der Waals surface area contributed by atoms with Crippen LogP contribution < -0.4 is 14.8 Å². The van der Waals surface area contributed by atoms with Crippen LogP contribution in [0.25, 0.3) is 0 Å². The van der Waals surface area contributed by atoms with E-state index in [-0.39, 0.29) is 5.91 Å². The number of rotatable bonds is 9. The van der Waals surface area contributed by atoms with Gasteiger partial charge in [-0.2, -0.15) is 0 Å². The number of aromatic nitrogens is 3. The zero-order valence-corrected chi connectivity index (χ0v) is 17.2. The number of methoxy groups -OCH3 is 2. The summed E-state index contributed by atoms with van der Waals surface area (Å²) in [4.78, 5) is 12.7. The zero-order valence-electron chi connectivity index (χ0n) is 15.6. The largest absolute Gasteiger partial charge is 0.497 e. The summed E-state index contributed by atoms with van der Waals surface area (Å²) in [5.41, 5.74) is 0.492. The summed E-state index contributed by atoms with van der Waals surface area (Å²) in [6.07, 6.45) is 3.91. The van der Waals surface area contributed by atoms with Gasteiger partial charge < -0.3 is 14.8 Å². The Hall–Kier alpha value is -1.87. The molecule has 0 bridgehead atoms. The molecule has 0 saturated heterocycles. The van der Waals surface area contributed by atoms with Crippen LogP contribution in [0.5, 0.6) is 11.5 Å². The summed E-state index contributed by atoms with van der Waals surface area (Å²) < 4.78 is 12.2. The maximum absolute atomic E-state index is 12.7. The Morgan fingerprint density at radius 1 is 1.23 bits per heavy atom. The zero-order chi connectivity index (χ0) is 19.2. The number of nitrogens with one attached hydrogen (secondary N) is 1. The number of aryl methyl sites for hydroxylation is 1. The molecule has 0 unspecified atom stereocenters. The van der Waals surface area contributed by atoms with Crippen molar-refractivity contribution < 1.29 is 14.3 Å². The van der Waals surface area contributed by atoms with Gasteiger partial charge in [0.2, 0.25) is 0 Å². The van der Waals surface area contributed by atoms with Crippen LogP contribution in [0.15, 0.2) is 24.4 Å². The minimum atomic E-state index is -0.668. The van der Waals surface area contributed by atoms with Gasteiger partial charge in [-0.05, 0) is 32.2 Å². The van der Waals surface area contributed by atoms with Gasteiger partial charge in [-0.25, -0.2) is 0 Å². The van der Waals surface area contributed by atoms with Crippen molar-refractivity contribution in [1.82, 2.24) is 20.3 Å². The number of amides is 1. The van der Waals surface area contributed by atoms with Gasteiger partial charge in [-0.15, -0.1) is 5.10 Å². The molecule has 2 rings (SSSR count). The minimum Gasteiger partial charge on any atom is -0.497 e. The Morgan fingerprint density at radius 3 is 2.46 bits per heavy atom. The van der Waals surface area contributed by atoms with E-state index in [2.05, 4.69) is 15.6 Å². The fourth-order valence-electron chi connectivity index (χ4n) is 2.27. The average Bonchev–Trinajstić information content (AvgIpc) is 3.11. The van der Waals surface area contributed by atoms with Crippen molar-refractivity contribution in [3.63, 3.8) is 0 Å². The highest BCUT2D eigenvalue weighted by Gasteiger charge is 2.27. The number of benzene rings is 1. The van der Waals surface area contributed by atoms with Crippen molar-refractivity contribution in [3.05, 3.63) is 35.7 Å². The second-order valence-corrected chi connectivity index (χ2v) is 8.72. The van der Waals surface area contributed by atoms with Gasteiger partial charge in [-0.1, -0.05) is 26.8 Å². The lowest BCUT2D eigenvalue weighted by molar-refractivity contribution is 0.0909. The molecular weight excluding hydrogens is 372 g/mol. The standard InChI is InChI=1S/C17H24N4O3S2/c1-17(2,15-11-21(20-19-15)6-7-26-25-5)18-16(22)12-8-13(23-3)10-14(9-12)24-4/h8-11H,6-7H2,1-5H3,(H,18,22). The molecule has 0 fully saturated rings. The molecule has 0 saturated carbocycles. The van der Waals surface area contributed by atoms with Crippen molar-refractivity contribution in [2.45, 2.75) is 25.9 Å². The van der Waals surface area contributed by atoms with Crippen molar-refractivity contribution in [2.24, 2.45) is 0 Å². The number of ether oxygens (including phenoxy) is 2. The van der Waals surface area contributed by atoms with E-state index in [1.54, 1.807) is 58.7 Å². The molecule has 1 amide bonds. The Balaban J connectivity index is 2.12. The third-order valence-electron chi connectivity index (χ3n) is 3.74. The Labute approximate surface area is 161 Å². The van der Waals surface area contributed by atoms with Crippen LogP contribution in [0.3, 0.4) is 0 Å². The molecule has 0 aliphatic carbocycles. The maximum Gasteiger partial charge on any atom is 0.252 e. The van der Waals surface area contributed by atoms with E-state index in [1.807, 2.05) is 26.3 Å². The first kappa shape index (κ1) is 20.4. The van der Waals surface area contributed by atoms with E-state index in [1.165, 1.54) is 0 Å². The van der Waals surface area contributed by atoms with Gasteiger partial charge >= 0.3 is 0 Å². The van der Waals surface area contributed by atoms with Gasteiger partial charge in [0.15, 0.2) is 0 Å². The van der Waals surface area contributed by atoms with Crippen LogP contribution in [-0.4, -0.2) is 47.1 Å². The van der Waals surface area contributed by atoms with E-state index in [4.69, 9.17) is 9.47 Å². The molecule has 1 heterocycles. The van der Waals surface area contributed by atoms with Crippen LogP contribution in [0.1, 0.15) is 29.9 Å². The summed E-state index contributed by atoms with van der Waals surface area (Å²) in [5, 5.41) is 11.4. The minimum absolute atomic E-state index is 0.236. The fraction of sp³-hybridized carbons (Fsp3) is 0.471. The summed E-state index contributed by atoms with van der Waals surface area (Å²) >= 11 is 0. The van der Waals surface area contributed by atoms with Crippen LogP contribution in [0.4, 0.5) is 0 Å². The first-order valence-electron chi connectivity index (χ1n) is 8.01. The molecule has 9 heteroatoms. The lowest BCUT2D eigenvalue weighted by Gasteiger charge is -2.24. The van der Waals surface area contributed by atoms with Crippen LogP contribution in [-0.2, 0) is 12.1 Å². The van der Waals surface area contributed by atoms with E-state index in [0.29, 0.717) is 22.8 Å². The smallest absolute Gasteiger partial charge is 0.252 e. The van der Waals surface area contributed by atoms with Crippen molar-refractivity contribution in [1.29, 1.82) is 0 Å². The van der Waals surface area contributed by atoms with Gasteiger partial charge in [0.05, 0.1) is 32.5 Å². The topological polar surface area (TPSA) is 78.3 Å². The number of hydrogen-bond donors (Lipinski definition) is 1. The van der Waals surface area contributed by atoms with Gasteiger partial charge in [0.25, 0.3) is 5.91 Å². The van der Waals surface area contributed by atoms with Crippen LogP contribution in [0.2, 0.25) is 0 Å². The molecule has 0 spiro atoms. The summed E-state index contributed by atoms with van der Waals surface area (Å²) in [7, 11) is 6.59. The van der Waals surface area contributed by atoms with Gasteiger partial charge in [0.1, 0.15) is 17.2 Å². The quantitative estimate of drug-likeness (QED) is 0.516. The molecule has 7 nitrogen and oxygen atoms in total. The van der Waals surface area contributed by atoms with Gasteiger partial charge in [0, 0.05) is 17.4 Å². The predicted molar refractivity (Wildman–Crippen MR) is 106 cm³/mol. The highest BCUT2D eigenvalue weighted by molar-refractivity contribution is 8.76. The molecule has 0 radical (unpaired) electrons. The molecule has 2 aromatic rings. The lowest BCUT2D eigenvalue weighted by atomic mass is 10.0. The maximum atomic E-state index is 12.7. The molecule has 1 N–H and O–H groups in total. The van der Waals surface area contributed by atoms with Gasteiger partial charge in [-0.3, -0.25) is 9.48 Å². The molecule has 0 aliphatic heterocycles. The molecule has 26 heavy (non-hydrogen) atoms. The van der Waals surface area contributed by atoms with Crippen molar-refractivity contribution in [3.8, 4) is 11.5 Å². The normalized spacial score (nSPS) is 11.3. The van der Waals surface area contributed by atoms with E-state index < -0.39 is 5.54 Å². The second kappa shape index (κ2) is 9.18.